The van der Waals surface area contributed by atoms with Gasteiger partial charge in [-0.1, -0.05) is 48.5 Å². The third-order valence-corrected chi connectivity index (χ3v) is 4.99. The first-order chi connectivity index (χ1) is 13.1. The predicted octanol–water partition coefficient (Wildman–Crippen LogP) is 2.87. The van der Waals surface area contributed by atoms with E-state index in [1.807, 2.05) is 61.5 Å². The Bertz CT molecular complexity index is 1040. The van der Waals surface area contributed by atoms with Crippen LogP contribution in [0.25, 0.3) is 0 Å². The van der Waals surface area contributed by atoms with Crippen molar-refractivity contribution in [3.63, 3.8) is 0 Å². The van der Waals surface area contributed by atoms with E-state index in [2.05, 4.69) is 9.97 Å². The standard InChI is InChI=1S/C22H21N3O2/c1-15-7-5-6-10-17(15)22(27)25-12-11-19-18(14-25)21(26)24-20(23-19)13-16-8-3-2-4-9-16/h2-10H,11-14H2,1H3,(H,23,24,26). The van der Waals surface area contributed by atoms with E-state index < -0.39 is 0 Å². The van der Waals surface area contributed by atoms with Gasteiger partial charge < -0.3 is 9.88 Å². The van der Waals surface area contributed by atoms with Crippen LogP contribution in [0, 0.1) is 6.92 Å². The lowest BCUT2D eigenvalue weighted by molar-refractivity contribution is 0.0731. The summed E-state index contributed by atoms with van der Waals surface area (Å²) in [6.07, 6.45) is 1.19. The zero-order valence-corrected chi connectivity index (χ0v) is 15.2. The molecule has 5 nitrogen and oxygen atoms in total. The highest BCUT2D eigenvalue weighted by Gasteiger charge is 2.25. The molecule has 2 aromatic carbocycles. The van der Waals surface area contributed by atoms with E-state index in [4.69, 9.17) is 0 Å². The van der Waals surface area contributed by atoms with Gasteiger partial charge in [0.15, 0.2) is 0 Å². The minimum Gasteiger partial charge on any atom is -0.334 e. The van der Waals surface area contributed by atoms with Crippen molar-refractivity contribution in [2.75, 3.05) is 6.54 Å². The lowest BCUT2D eigenvalue weighted by atomic mass is 10.0. The molecule has 2 heterocycles. The van der Waals surface area contributed by atoms with Crippen molar-refractivity contribution >= 4 is 5.91 Å². The van der Waals surface area contributed by atoms with Crippen molar-refractivity contribution in [1.82, 2.24) is 14.9 Å². The molecule has 1 aliphatic heterocycles. The zero-order chi connectivity index (χ0) is 18.8. The lowest BCUT2D eigenvalue weighted by Gasteiger charge is -2.28. The molecule has 1 amide bonds. The molecule has 0 radical (unpaired) electrons. The van der Waals surface area contributed by atoms with Crippen LogP contribution in [0.3, 0.4) is 0 Å². The fraction of sp³-hybridized carbons (Fsp3) is 0.227. The summed E-state index contributed by atoms with van der Waals surface area (Å²) in [5.74, 6) is 0.634. The van der Waals surface area contributed by atoms with Crippen LogP contribution in [0.15, 0.2) is 59.4 Å². The maximum Gasteiger partial charge on any atom is 0.256 e. The molecule has 0 saturated carbocycles. The Kier molecular flexibility index (Phi) is 4.59. The van der Waals surface area contributed by atoms with Crippen molar-refractivity contribution in [2.24, 2.45) is 0 Å². The summed E-state index contributed by atoms with van der Waals surface area (Å²) in [5, 5.41) is 0. The largest absolute Gasteiger partial charge is 0.334 e. The Balaban J connectivity index is 1.58. The third-order valence-electron chi connectivity index (χ3n) is 4.99. The second-order valence-electron chi connectivity index (χ2n) is 6.89. The summed E-state index contributed by atoms with van der Waals surface area (Å²) in [7, 11) is 0. The molecule has 1 aromatic heterocycles. The highest BCUT2D eigenvalue weighted by atomic mass is 16.2. The van der Waals surface area contributed by atoms with Crippen molar-refractivity contribution in [3.8, 4) is 0 Å². The van der Waals surface area contributed by atoms with Crippen LogP contribution >= 0.6 is 0 Å². The SMILES string of the molecule is Cc1ccccc1C(=O)N1CCc2nc(Cc3ccccc3)[nH]c(=O)c2C1. The summed E-state index contributed by atoms with van der Waals surface area (Å²) < 4.78 is 0. The summed E-state index contributed by atoms with van der Waals surface area (Å²) >= 11 is 0. The van der Waals surface area contributed by atoms with E-state index in [9.17, 15) is 9.59 Å². The molecular formula is C22H21N3O2. The molecule has 0 bridgehead atoms. The van der Waals surface area contributed by atoms with Gasteiger partial charge in [0.05, 0.1) is 17.8 Å². The number of H-pyrrole nitrogens is 1. The number of nitrogens with one attached hydrogen (secondary N) is 1. The van der Waals surface area contributed by atoms with Crippen molar-refractivity contribution < 1.29 is 4.79 Å². The topological polar surface area (TPSA) is 66.1 Å². The molecule has 1 N–H and O–H groups in total. The van der Waals surface area contributed by atoms with Crippen LogP contribution in [0.2, 0.25) is 0 Å². The van der Waals surface area contributed by atoms with Gasteiger partial charge in [0, 0.05) is 24.9 Å². The van der Waals surface area contributed by atoms with E-state index in [-0.39, 0.29) is 11.5 Å². The van der Waals surface area contributed by atoms with Crippen LogP contribution < -0.4 is 5.56 Å². The molecule has 27 heavy (non-hydrogen) atoms. The average Bonchev–Trinajstić information content (AvgIpc) is 2.68. The minimum absolute atomic E-state index is 0.0356. The third kappa shape index (κ3) is 3.53. The van der Waals surface area contributed by atoms with Gasteiger partial charge in [0.2, 0.25) is 0 Å². The second-order valence-corrected chi connectivity index (χ2v) is 6.89. The number of carbonyl (C=O) groups is 1. The summed E-state index contributed by atoms with van der Waals surface area (Å²) in [4.78, 5) is 34.7. The van der Waals surface area contributed by atoms with E-state index in [0.29, 0.717) is 42.9 Å². The maximum atomic E-state index is 12.8. The van der Waals surface area contributed by atoms with Crippen molar-refractivity contribution in [2.45, 2.75) is 26.3 Å². The fourth-order valence-electron chi connectivity index (χ4n) is 3.51. The normalized spacial score (nSPS) is 13.3. The van der Waals surface area contributed by atoms with E-state index >= 15 is 0 Å². The number of hydrogen-bond donors (Lipinski definition) is 1. The number of nitrogens with zero attached hydrogens (tertiary/aromatic N) is 2. The molecule has 0 fully saturated rings. The Hall–Kier alpha value is -3.21. The van der Waals surface area contributed by atoms with E-state index in [0.717, 1.165) is 16.8 Å². The van der Waals surface area contributed by atoms with Crippen LogP contribution in [0.5, 0.6) is 0 Å². The molecule has 136 valence electrons. The zero-order valence-electron chi connectivity index (χ0n) is 15.2. The molecule has 0 spiro atoms. The maximum absolute atomic E-state index is 12.8. The number of hydrogen-bond acceptors (Lipinski definition) is 3. The molecule has 0 atom stereocenters. The highest BCUT2D eigenvalue weighted by Crippen LogP contribution is 2.18. The quantitative estimate of drug-likeness (QED) is 0.782. The first-order valence-electron chi connectivity index (χ1n) is 9.11. The monoisotopic (exact) mass is 359 g/mol. The summed E-state index contributed by atoms with van der Waals surface area (Å²) in [6, 6.07) is 17.5. The molecule has 0 saturated heterocycles. The Morgan fingerprint density at radius 3 is 2.63 bits per heavy atom. The van der Waals surface area contributed by atoms with Crippen molar-refractivity contribution in [3.05, 3.63) is 98.7 Å². The summed E-state index contributed by atoms with van der Waals surface area (Å²) in [5.41, 5.74) is 3.99. The molecule has 3 aromatic rings. The molecular weight excluding hydrogens is 338 g/mol. The van der Waals surface area contributed by atoms with Gasteiger partial charge in [-0.2, -0.15) is 0 Å². The van der Waals surface area contributed by atoms with Crippen molar-refractivity contribution in [1.29, 1.82) is 0 Å². The first kappa shape index (κ1) is 17.2. The predicted molar refractivity (Wildman–Crippen MR) is 104 cm³/mol. The number of aromatic nitrogens is 2. The molecule has 0 unspecified atom stereocenters. The van der Waals surface area contributed by atoms with Gasteiger partial charge in [0.1, 0.15) is 5.82 Å². The average molecular weight is 359 g/mol. The molecule has 5 heteroatoms. The Morgan fingerprint density at radius 2 is 1.85 bits per heavy atom. The number of fused-ring (bicyclic) bond motifs is 1. The van der Waals surface area contributed by atoms with Gasteiger partial charge in [-0.25, -0.2) is 4.98 Å². The van der Waals surface area contributed by atoms with Gasteiger partial charge in [-0.05, 0) is 24.1 Å². The van der Waals surface area contributed by atoms with Crippen LogP contribution in [0.1, 0.15) is 38.6 Å². The second kappa shape index (κ2) is 7.19. The van der Waals surface area contributed by atoms with Gasteiger partial charge in [-0.3, -0.25) is 9.59 Å². The number of aromatic amines is 1. The number of carbonyl (C=O) groups excluding carboxylic acids is 1. The van der Waals surface area contributed by atoms with Crippen LogP contribution in [-0.4, -0.2) is 27.3 Å². The summed E-state index contributed by atoms with van der Waals surface area (Å²) in [6.45, 7) is 2.80. The number of rotatable bonds is 3. The van der Waals surface area contributed by atoms with E-state index in [1.54, 1.807) is 4.90 Å². The molecule has 0 aliphatic carbocycles. The minimum atomic E-state index is -0.145. The number of aryl methyl sites for hydroxylation is 1. The van der Waals surface area contributed by atoms with Gasteiger partial charge in [0.25, 0.3) is 11.5 Å². The van der Waals surface area contributed by atoms with Crippen LogP contribution in [-0.2, 0) is 19.4 Å². The van der Waals surface area contributed by atoms with E-state index in [1.165, 1.54) is 0 Å². The molecule has 4 rings (SSSR count). The first-order valence-corrected chi connectivity index (χ1v) is 9.11. The van der Waals surface area contributed by atoms with Crippen LogP contribution in [0.4, 0.5) is 0 Å². The number of amides is 1. The molecule has 1 aliphatic rings. The van der Waals surface area contributed by atoms with Gasteiger partial charge >= 0.3 is 0 Å². The Labute approximate surface area is 157 Å². The number of benzene rings is 2. The lowest BCUT2D eigenvalue weighted by Crippen LogP contribution is -2.40. The van der Waals surface area contributed by atoms with Gasteiger partial charge in [-0.15, -0.1) is 0 Å². The Morgan fingerprint density at radius 1 is 1.11 bits per heavy atom. The highest BCUT2D eigenvalue weighted by molar-refractivity contribution is 5.95. The fourth-order valence-corrected chi connectivity index (χ4v) is 3.51. The smallest absolute Gasteiger partial charge is 0.256 e.